The lowest BCUT2D eigenvalue weighted by atomic mass is 9.99. The second-order valence-corrected chi connectivity index (χ2v) is 5.55. The quantitative estimate of drug-likeness (QED) is 0.855. The molecule has 25 heavy (non-hydrogen) atoms. The number of carbonyl (C=O) groups excluding carboxylic acids is 2. The van der Waals surface area contributed by atoms with E-state index < -0.39 is 0 Å². The van der Waals surface area contributed by atoms with Crippen LogP contribution in [0.15, 0.2) is 36.4 Å². The fourth-order valence-electron chi connectivity index (χ4n) is 2.97. The van der Waals surface area contributed by atoms with Crippen LogP contribution in [0, 0.1) is 0 Å². The maximum atomic E-state index is 13.2. The lowest BCUT2D eigenvalue weighted by Gasteiger charge is -2.30. The monoisotopic (exact) mass is 341 g/mol. The van der Waals surface area contributed by atoms with Crippen LogP contribution < -0.4 is 19.1 Å². The van der Waals surface area contributed by atoms with E-state index in [-0.39, 0.29) is 18.1 Å². The van der Waals surface area contributed by atoms with Gasteiger partial charge in [-0.15, -0.1) is 0 Å². The van der Waals surface area contributed by atoms with Crippen LogP contribution in [0.1, 0.15) is 27.1 Å². The van der Waals surface area contributed by atoms with Crippen molar-refractivity contribution in [1.29, 1.82) is 0 Å². The molecule has 2 aromatic rings. The number of fused-ring (bicyclic) bond motifs is 1. The lowest BCUT2D eigenvalue weighted by Crippen LogP contribution is -2.37. The van der Waals surface area contributed by atoms with Crippen LogP contribution >= 0.6 is 0 Å². The van der Waals surface area contributed by atoms with Crippen molar-refractivity contribution in [3.8, 4) is 17.2 Å². The third-order valence-electron chi connectivity index (χ3n) is 4.25. The first-order valence-corrected chi connectivity index (χ1v) is 7.84. The van der Waals surface area contributed by atoms with Crippen LogP contribution in [0.4, 0.5) is 5.69 Å². The average molecular weight is 341 g/mol. The SMILES string of the molecule is COc1ccc2c(c1)N(C(=O)c1c(OC)cccc1OC)CCC2=O. The molecule has 2 aromatic carbocycles. The Morgan fingerprint density at radius 2 is 1.68 bits per heavy atom. The van der Waals surface area contributed by atoms with Crippen molar-refractivity contribution < 1.29 is 23.8 Å². The van der Waals surface area contributed by atoms with Crippen LogP contribution in [0.3, 0.4) is 0 Å². The van der Waals surface area contributed by atoms with Gasteiger partial charge in [0.05, 0.1) is 27.0 Å². The Kier molecular flexibility index (Phi) is 4.61. The number of hydrogen-bond acceptors (Lipinski definition) is 5. The molecule has 0 atom stereocenters. The highest BCUT2D eigenvalue weighted by Gasteiger charge is 2.31. The first kappa shape index (κ1) is 16.8. The summed E-state index contributed by atoms with van der Waals surface area (Å²) in [4.78, 5) is 27.0. The zero-order chi connectivity index (χ0) is 18.0. The summed E-state index contributed by atoms with van der Waals surface area (Å²) in [6.45, 7) is 0.291. The van der Waals surface area contributed by atoms with E-state index in [1.807, 2.05) is 0 Å². The molecule has 0 spiro atoms. The van der Waals surface area contributed by atoms with E-state index in [4.69, 9.17) is 14.2 Å². The predicted octanol–water partition coefficient (Wildman–Crippen LogP) is 2.95. The fraction of sp³-hybridized carbons (Fsp3) is 0.263. The number of carbonyl (C=O) groups is 2. The third-order valence-corrected chi connectivity index (χ3v) is 4.25. The van der Waals surface area contributed by atoms with Gasteiger partial charge in [-0.25, -0.2) is 0 Å². The highest BCUT2D eigenvalue weighted by Crippen LogP contribution is 2.35. The molecule has 0 aliphatic carbocycles. The summed E-state index contributed by atoms with van der Waals surface area (Å²) < 4.78 is 15.9. The number of benzene rings is 2. The Morgan fingerprint density at radius 1 is 1.00 bits per heavy atom. The summed E-state index contributed by atoms with van der Waals surface area (Å²) in [5.74, 6) is 1.15. The number of ether oxygens (including phenoxy) is 3. The second-order valence-electron chi connectivity index (χ2n) is 5.55. The van der Waals surface area contributed by atoms with E-state index >= 15 is 0 Å². The zero-order valence-electron chi connectivity index (χ0n) is 14.4. The highest BCUT2D eigenvalue weighted by atomic mass is 16.5. The van der Waals surface area contributed by atoms with Crippen molar-refractivity contribution in [2.75, 3.05) is 32.8 Å². The molecule has 1 aliphatic heterocycles. The van der Waals surface area contributed by atoms with Gasteiger partial charge in [0.2, 0.25) is 0 Å². The van der Waals surface area contributed by atoms with Crippen LogP contribution in [0.2, 0.25) is 0 Å². The summed E-state index contributed by atoms with van der Waals surface area (Å²) in [5.41, 5.74) is 1.37. The third kappa shape index (κ3) is 2.91. The minimum Gasteiger partial charge on any atom is -0.497 e. The first-order chi connectivity index (χ1) is 12.1. The maximum Gasteiger partial charge on any atom is 0.265 e. The van der Waals surface area contributed by atoms with Gasteiger partial charge in [0.25, 0.3) is 5.91 Å². The van der Waals surface area contributed by atoms with Crippen LogP contribution in [0.5, 0.6) is 17.2 Å². The summed E-state index contributed by atoms with van der Waals surface area (Å²) in [7, 11) is 4.55. The van der Waals surface area contributed by atoms with E-state index in [9.17, 15) is 9.59 Å². The molecular formula is C19H19NO5. The summed E-state index contributed by atoms with van der Waals surface area (Å²) >= 11 is 0. The van der Waals surface area contributed by atoms with Crippen molar-refractivity contribution in [3.05, 3.63) is 47.5 Å². The van der Waals surface area contributed by atoms with Gasteiger partial charge in [-0.2, -0.15) is 0 Å². The minimum absolute atomic E-state index is 0.00805. The molecule has 6 nitrogen and oxygen atoms in total. The predicted molar refractivity (Wildman–Crippen MR) is 93.2 cm³/mol. The fourth-order valence-corrected chi connectivity index (χ4v) is 2.97. The number of anilines is 1. The van der Waals surface area contributed by atoms with Crippen molar-refractivity contribution in [2.24, 2.45) is 0 Å². The molecule has 0 unspecified atom stereocenters. The topological polar surface area (TPSA) is 65.1 Å². The standard InChI is InChI=1S/C19H19NO5/c1-23-12-7-8-13-14(11-12)20(10-9-15(13)21)19(22)18-16(24-2)5-4-6-17(18)25-3/h4-8,11H,9-10H2,1-3H3. The normalized spacial score (nSPS) is 13.2. The Hall–Kier alpha value is -3.02. The Bertz CT molecular complexity index is 808. The summed E-state index contributed by atoms with van der Waals surface area (Å²) in [6, 6.07) is 10.3. The van der Waals surface area contributed by atoms with Crippen LogP contribution in [-0.2, 0) is 0 Å². The number of Topliss-reactive ketones (excluding diaryl/α,β-unsaturated/α-hetero) is 1. The molecule has 1 heterocycles. The number of amides is 1. The van der Waals surface area contributed by atoms with Crippen molar-refractivity contribution in [2.45, 2.75) is 6.42 Å². The molecule has 3 rings (SSSR count). The highest BCUT2D eigenvalue weighted by molar-refractivity contribution is 6.15. The van der Waals surface area contributed by atoms with Gasteiger partial charge in [-0.3, -0.25) is 9.59 Å². The summed E-state index contributed by atoms with van der Waals surface area (Å²) in [6.07, 6.45) is 0.266. The Balaban J connectivity index is 2.11. The molecule has 6 heteroatoms. The molecular weight excluding hydrogens is 322 g/mol. The van der Waals surface area contributed by atoms with E-state index in [1.165, 1.54) is 14.2 Å². The van der Waals surface area contributed by atoms with E-state index in [0.29, 0.717) is 40.6 Å². The van der Waals surface area contributed by atoms with Gasteiger partial charge in [-0.05, 0) is 24.3 Å². The van der Waals surface area contributed by atoms with E-state index in [1.54, 1.807) is 48.4 Å². The molecule has 0 bridgehead atoms. The lowest BCUT2D eigenvalue weighted by molar-refractivity contribution is 0.0952. The minimum atomic E-state index is -0.281. The molecule has 1 amide bonds. The molecule has 0 radical (unpaired) electrons. The maximum absolute atomic E-state index is 13.2. The zero-order valence-corrected chi connectivity index (χ0v) is 14.4. The van der Waals surface area contributed by atoms with Crippen molar-refractivity contribution >= 4 is 17.4 Å². The average Bonchev–Trinajstić information content (AvgIpc) is 2.66. The smallest absolute Gasteiger partial charge is 0.265 e. The van der Waals surface area contributed by atoms with Gasteiger partial charge in [0.15, 0.2) is 5.78 Å². The van der Waals surface area contributed by atoms with Gasteiger partial charge < -0.3 is 19.1 Å². The molecule has 0 saturated heterocycles. The van der Waals surface area contributed by atoms with Gasteiger partial charge >= 0.3 is 0 Å². The molecule has 0 fully saturated rings. The largest absolute Gasteiger partial charge is 0.497 e. The van der Waals surface area contributed by atoms with Crippen LogP contribution in [-0.4, -0.2) is 39.6 Å². The number of nitrogens with zero attached hydrogens (tertiary/aromatic N) is 1. The molecule has 130 valence electrons. The number of hydrogen-bond donors (Lipinski definition) is 0. The van der Waals surface area contributed by atoms with Gasteiger partial charge in [0, 0.05) is 24.6 Å². The Labute approximate surface area is 145 Å². The summed E-state index contributed by atoms with van der Waals surface area (Å²) in [5, 5.41) is 0. The Morgan fingerprint density at radius 3 is 2.28 bits per heavy atom. The van der Waals surface area contributed by atoms with Gasteiger partial charge in [-0.1, -0.05) is 6.07 Å². The molecule has 0 saturated carbocycles. The molecule has 1 aliphatic rings. The molecule has 0 aromatic heterocycles. The second kappa shape index (κ2) is 6.84. The molecule has 0 N–H and O–H groups in total. The number of ketones is 1. The van der Waals surface area contributed by atoms with E-state index in [2.05, 4.69) is 0 Å². The van der Waals surface area contributed by atoms with E-state index in [0.717, 1.165) is 0 Å². The van der Waals surface area contributed by atoms with Gasteiger partial charge in [0.1, 0.15) is 22.8 Å². The van der Waals surface area contributed by atoms with Crippen molar-refractivity contribution in [3.63, 3.8) is 0 Å². The number of methoxy groups -OCH3 is 3. The number of rotatable bonds is 4. The van der Waals surface area contributed by atoms with Crippen molar-refractivity contribution in [1.82, 2.24) is 0 Å². The van der Waals surface area contributed by atoms with Crippen LogP contribution in [0.25, 0.3) is 0 Å². The first-order valence-electron chi connectivity index (χ1n) is 7.84.